The number of piperidine rings is 1. The molecule has 0 radical (unpaired) electrons. The summed E-state index contributed by atoms with van der Waals surface area (Å²) >= 11 is 5.84. The molecule has 1 aromatic rings. The third-order valence-corrected chi connectivity index (χ3v) is 5.45. The van der Waals surface area contributed by atoms with Gasteiger partial charge in [-0.15, -0.1) is 0 Å². The molecule has 0 saturated carbocycles. The molecule has 20 heavy (non-hydrogen) atoms. The maximum atomic E-state index is 12.4. The van der Waals surface area contributed by atoms with Crippen LogP contribution in [0.15, 0.2) is 23.1 Å². The standard InChI is InChI=1S/C11H13ClN2O5S/c12-10-6-8(14(16)17)3-4-11(10)20(18,19)13-5-1-2-9(15)7-13/h3-4,6,9,15H,1-2,5,7H2/t9-/m0/s1. The fourth-order valence-corrected chi connectivity index (χ4v) is 4.12. The van der Waals surface area contributed by atoms with E-state index in [-0.39, 0.29) is 22.2 Å². The molecule has 0 aromatic heterocycles. The van der Waals surface area contributed by atoms with Gasteiger partial charge < -0.3 is 5.11 Å². The van der Waals surface area contributed by atoms with Gasteiger partial charge >= 0.3 is 0 Å². The predicted molar refractivity (Wildman–Crippen MR) is 72.1 cm³/mol. The van der Waals surface area contributed by atoms with Crippen molar-refractivity contribution in [3.8, 4) is 0 Å². The number of aliphatic hydroxyl groups excluding tert-OH is 1. The van der Waals surface area contributed by atoms with E-state index >= 15 is 0 Å². The number of sulfonamides is 1. The van der Waals surface area contributed by atoms with Crippen molar-refractivity contribution in [1.29, 1.82) is 0 Å². The van der Waals surface area contributed by atoms with Crippen molar-refractivity contribution < 1.29 is 18.4 Å². The van der Waals surface area contributed by atoms with Crippen molar-refractivity contribution in [3.05, 3.63) is 33.3 Å². The first-order chi connectivity index (χ1) is 9.32. The first-order valence-electron chi connectivity index (χ1n) is 5.94. The van der Waals surface area contributed by atoms with Crippen molar-refractivity contribution in [3.63, 3.8) is 0 Å². The zero-order valence-corrected chi connectivity index (χ0v) is 12.0. The fourth-order valence-electron chi connectivity index (χ4n) is 2.09. The van der Waals surface area contributed by atoms with Gasteiger partial charge in [-0.1, -0.05) is 11.6 Å². The molecule has 7 nitrogen and oxygen atoms in total. The second-order valence-electron chi connectivity index (χ2n) is 4.53. The predicted octanol–water partition coefficient (Wildman–Crippen LogP) is 1.39. The van der Waals surface area contributed by atoms with Crippen LogP contribution in [0, 0.1) is 10.1 Å². The molecule has 1 fully saturated rings. The average molecular weight is 321 g/mol. The minimum atomic E-state index is -3.85. The van der Waals surface area contributed by atoms with Crippen LogP contribution in [0.2, 0.25) is 5.02 Å². The number of hydrogen-bond donors (Lipinski definition) is 1. The summed E-state index contributed by atoms with van der Waals surface area (Å²) in [6, 6.07) is 3.23. The molecule has 1 heterocycles. The van der Waals surface area contributed by atoms with E-state index < -0.39 is 21.1 Å². The number of nitro benzene ring substituents is 1. The topological polar surface area (TPSA) is 101 Å². The summed E-state index contributed by atoms with van der Waals surface area (Å²) in [6.07, 6.45) is 0.417. The number of nitro groups is 1. The molecule has 0 unspecified atom stereocenters. The van der Waals surface area contributed by atoms with Crippen molar-refractivity contribution in [2.45, 2.75) is 23.8 Å². The number of β-amino-alcohol motifs (C(OH)–C–C–N with tert-alkyl or cyclic N) is 1. The van der Waals surface area contributed by atoms with Gasteiger partial charge in [0.25, 0.3) is 5.69 Å². The lowest BCUT2D eigenvalue weighted by Crippen LogP contribution is -2.42. The van der Waals surface area contributed by atoms with E-state index in [0.717, 1.165) is 22.5 Å². The number of rotatable bonds is 3. The lowest BCUT2D eigenvalue weighted by atomic mass is 10.1. The van der Waals surface area contributed by atoms with Gasteiger partial charge in [0.1, 0.15) is 4.90 Å². The van der Waals surface area contributed by atoms with Crippen LogP contribution in [-0.4, -0.2) is 41.9 Å². The molecular formula is C11H13ClN2O5S. The summed E-state index contributed by atoms with van der Waals surface area (Å²) in [5, 5.41) is 20.0. The second-order valence-corrected chi connectivity index (χ2v) is 6.84. The van der Waals surface area contributed by atoms with Gasteiger partial charge in [-0.25, -0.2) is 8.42 Å². The Morgan fingerprint density at radius 1 is 1.45 bits per heavy atom. The zero-order chi connectivity index (χ0) is 14.9. The van der Waals surface area contributed by atoms with Gasteiger partial charge in [-0.05, 0) is 18.9 Å². The van der Waals surface area contributed by atoms with Crippen molar-refractivity contribution in [2.24, 2.45) is 0 Å². The van der Waals surface area contributed by atoms with Crippen LogP contribution in [0.4, 0.5) is 5.69 Å². The Morgan fingerprint density at radius 3 is 2.70 bits per heavy atom. The van der Waals surface area contributed by atoms with Crippen LogP contribution in [0.5, 0.6) is 0 Å². The van der Waals surface area contributed by atoms with Crippen LogP contribution in [0.3, 0.4) is 0 Å². The Morgan fingerprint density at radius 2 is 2.15 bits per heavy atom. The van der Waals surface area contributed by atoms with E-state index in [9.17, 15) is 23.6 Å². The Hall–Kier alpha value is -1.22. The number of non-ortho nitro benzene ring substituents is 1. The smallest absolute Gasteiger partial charge is 0.271 e. The molecule has 0 amide bonds. The molecular weight excluding hydrogens is 308 g/mol. The van der Waals surface area contributed by atoms with E-state index in [2.05, 4.69) is 0 Å². The second kappa shape index (κ2) is 5.65. The first kappa shape index (κ1) is 15.2. The summed E-state index contributed by atoms with van der Waals surface area (Å²) in [4.78, 5) is 9.79. The highest BCUT2D eigenvalue weighted by Gasteiger charge is 2.31. The van der Waals surface area contributed by atoms with Gasteiger partial charge in [0.2, 0.25) is 10.0 Å². The molecule has 1 aromatic carbocycles. The van der Waals surface area contributed by atoms with Gasteiger partial charge in [-0.2, -0.15) is 4.31 Å². The Balaban J connectivity index is 2.36. The molecule has 1 saturated heterocycles. The van der Waals surface area contributed by atoms with Crippen LogP contribution in [0.25, 0.3) is 0 Å². The number of halogens is 1. The maximum absolute atomic E-state index is 12.4. The number of benzene rings is 1. The zero-order valence-electron chi connectivity index (χ0n) is 10.4. The highest BCUT2D eigenvalue weighted by Crippen LogP contribution is 2.29. The Kier molecular flexibility index (Phi) is 4.28. The van der Waals surface area contributed by atoms with Crippen molar-refractivity contribution >= 4 is 27.3 Å². The van der Waals surface area contributed by atoms with Crippen LogP contribution < -0.4 is 0 Å². The highest BCUT2D eigenvalue weighted by atomic mass is 35.5. The highest BCUT2D eigenvalue weighted by molar-refractivity contribution is 7.89. The van der Waals surface area contributed by atoms with Crippen molar-refractivity contribution in [2.75, 3.05) is 13.1 Å². The van der Waals surface area contributed by atoms with E-state index in [4.69, 9.17) is 11.6 Å². The number of hydrogen-bond acceptors (Lipinski definition) is 5. The Bertz CT molecular complexity index is 634. The molecule has 1 aliphatic heterocycles. The van der Waals surface area contributed by atoms with E-state index in [1.54, 1.807) is 0 Å². The summed E-state index contributed by atoms with van der Waals surface area (Å²) in [7, 11) is -3.85. The molecule has 1 N–H and O–H groups in total. The van der Waals surface area contributed by atoms with Crippen LogP contribution >= 0.6 is 11.6 Å². The van der Waals surface area contributed by atoms with Crippen LogP contribution in [0.1, 0.15) is 12.8 Å². The first-order valence-corrected chi connectivity index (χ1v) is 7.76. The maximum Gasteiger partial charge on any atom is 0.271 e. The number of nitrogens with zero attached hydrogens (tertiary/aromatic N) is 2. The molecule has 110 valence electrons. The lowest BCUT2D eigenvalue weighted by molar-refractivity contribution is -0.384. The summed E-state index contributed by atoms with van der Waals surface area (Å²) in [6.45, 7) is 0.308. The minimum Gasteiger partial charge on any atom is -0.392 e. The summed E-state index contributed by atoms with van der Waals surface area (Å²) in [5.74, 6) is 0. The third-order valence-electron chi connectivity index (χ3n) is 3.10. The van der Waals surface area contributed by atoms with Gasteiger partial charge in [0, 0.05) is 25.2 Å². The molecule has 2 rings (SSSR count). The number of aliphatic hydroxyl groups is 1. The largest absolute Gasteiger partial charge is 0.392 e. The SMILES string of the molecule is O=[N+]([O-])c1ccc(S(=O)(=O)N2CCC[C@H](O)C2)c(Cl)c1. The van der Waals surface area contributed by atoms with E-state index in [0.29, 0.717) is 19.4 Å². The summed E-state index contributed by atoms with van der Waals surface area (Å²) in [5.41, 5.74) is -0.271. The van der Waals surface area contributed by atoms with Gasteiger partial charge in [0.05, 0.1) is 16.0 Å². The normalized spacial score (nSPS) is 20.8. The van der Waals surface area contributed by atoms with Gasteiger partial charge in [0.15, 0.2) is 0 Å². The molecule has 1 aliphatic rings. The molecule has 0 aliphatic carbocycles. The summed E-state index contributed by atoms with van der Waals surface area (Å²) < 4.78 is 25.9. The van der Waals surface area contributed by atoms with Crippen LogP contribution in [-0.2, 0) is 10.0 Å². The third kappa shape index (κ3) is 2.93. The molecule has 9 heteroatoms. The molecule has 0 bridgehead atoms. The van der Waals surface area contributed by atoms with Crippen molar-refractivity contribution in [1.82, 2.24) is 4.31 Å². The monoisotopic (exact) mass is 320 g/mol. The molecule has 1 atom stereocenters. The quantitative estimate of drug-likeness (QED) is 0.670. The Labute approximate surface area is 121 Å². The van der Waals surface area contributed by atoms with E-state index in [1.807, 2.05) is 0 Å². The van der Waals surface area contributed by atoms with E-state index in [1.165, 1.54) is 0 Å². The minimum absolute atomic E-state index is 0.00957. The molecule has 0 spiro atoms. The van der Waals surface area contributed by atoms with Gasteiger partial charge in [-0.3, -0.25) is 10.1 Å². The lowest BCUT2D eigenvalue weighted by Gasteiger charge is -2.29. The fraction of sp³-hybridized carbons (Fsp3) is 0.455. The average Bonchev–Trinajstić information content (AvgIpc) is 2.38.